The molecule has 0 aliphatic rings. The SMILES string of the molecule is Cc1cc(C(F)(F)F)nc2ccc(Cl)cc12. The number of hydrogen-bond acceptors (Lipinski definition) is 1. The van der Waals surface area contributed by atoms with E-state index < -0.39 is 11.9 Å². The Hall–Kier alpha value is -1.29. The fourth-order valence-corrected chi connectivity index (χ4v) is 1.68. The van der Waals surface area contributed by atoms with Gasteiger partial charge in [0.05, 0.1) is 5.52 Å². The van der Waals surface area contributed by atoms with Gasteiger partial charge in [-0.25, -0.2) is 4.98 Å². The van der Waals surface area contributed by atoms with E-state index in [0.29, 0.717) is 21.5 Å². The fourth-order valence-electron chi connectivity index (χ4n) is 1.51. The van der Waals surface area contributed by atoms with Gasteiger partial charge in [0, 0.05) is 10.4 Å². The Bertz CT molecular complexity index is 549. The Balaban J connectivity index is 2.74. The molecule has 5 heteroatoms. The molecule has 0 N–H and O–H groups in total. The van der Waals surface area contributed by atoms with Gasteiger partial charge in [0.25, 0.3) is 0 Å². The molecule has 16 heavy (non-hydrogen) atoms. The fraction of sp³-hybridized carbons (Fsp3) is 0.182. The van der Waals surface area contributed by atoms with Crippen LogP contribution in [0.1, 0.15) is 11.3 Å². The Labute approximate surface area is 94.9 Å². The molecule has 1 heterocycles. The molecular weight excluding hydrogens is 239 g/mol. The summed E-state index contributed by atoms with van der Waals surface area (Å²) in [7, 11) is 0. The molecule has 0 amide bonds. The number of nitrogens with zero attached hydrogens (tertiary/aromatic N) is 1. The van der Waals surface area contributed by atoms with Gasteiger partial charge >= 0.3 is 6.18 Å². The molecule has 1 aromatic carbocycles. The van der Waals surface area contributed by atoms with Gasteiger partial charge in [-0.3, -0.25) is 0 Å². The van der Waals surface area contributed by atoms with Gasteiger partial charge in [0.15, 0.2) is 0 Å². The first-order valence-electron chi connectivity index (χ1n) is 4.52. The lowest BCUT2D eigenvalue weighted by Gasteiger charge is -2.09. The first-order valence-corrected chi connectivity index (χ1v) is 4.90. The van der Waals surface area contributed by atoms with Gasteiger partial charge in [-0.1, -0.05) is 11.6 Å². The number of fused-ring (bicyclic) bond motifs is 1. The Morgan fingerprint density at radius 1 is 1.19 bits per heavy atom. The van der Waals surface area contributed by atoms with Crippen LogP contribution in [0.3, 0.4) is 0 Å². The highest BCUT2D eigenvalue weighted by atomic mass is 35.5. The normalized spacial score (nSPS) is 12.1. The summed E-state index contributed by atoms with van der Waals surface area (Å²) >= 11 is 5.77. The molecule has 0 unspecified atom stereocenters. The van der Waals surface area contributed by atoms with E-state index >= 15 is 0 Å². The Kier molecular flexibility index (Phi) is 2.54. The molecule has 0 bridgehead atoms. The van der Waals surface area contributed by atoms with E-state index in [9.17, 15) is 13.2 Å². The number of rotatable bonds is 0. The molecule has 2 aromatic rings. The van der Waals surface area contributed by atoms with Gasteiger partial charge in [-0.15, -0.1) is 0 Å². The molecule has 1 aromatic heterocycles. The summed E-state index contributed by atoms with van der Waals surface area (Å²) in [6.45, 7) is 1.61. The van der Waals surface area contributed by atoms with Crippen molar-refractivity contribution in [3.8, 4) is 0 Å². The lowest BCUT2D eigenvalue weighted by molar-refractivity contribution is -0.141. The second kappa shape index (κ2) is 3.63. The molecule has 0 radical (unpaired) electrons. The van der Waals surface area contributed by atoms with Crippen molar-refractivity contribution in [1.82, 2.24) is 4.98 Å². The van der Waals surface area contributed by atoms with E-state index in [4.69, 9.17) is 11.6 Å². The molecule has 2 rings (SSSR count). The van der Waals surface area contributed by atoms with Gasteiger partial charge in [-0.05, 0) is 36.8 Å². The van der Waals surface area contributed by atoms with Crippen molar-refractivity contribution in [3.05, 3.63) is 40.5 Å². The van der Waals surface area contributed by atoms with Crippen molar-refractivity contribution in [2.45, 2.75) is 13.1 Å². The van der Waals surface area contributed by atoms with E-state index in [-0.39, 0.29) is 0 Å². The largest absolute Gasteiger partial charge is 0.433 e. The maximum absolute atomic E-state index is 12.5. The van der Waals surface area contributed by atoms with Crippen LogP contribution in [0.5, 0.6) is 0 Å². The van der Waals surface area contributed by atoms with Crippen LogP contribution >= 0.6 is 11.6 Å². The van der Waals surface area contributed by atoms with Crippen LogP contribution in [-0.2, 0) is 6.18 Å². The van der Waals surface area contributed by atoms with Crippen LogP contribution in [0.4, 0.5) is 13.2 Å². The van der Waals surface area contributed by atoms with Crippen LogP contribution in [0, 0.1) is 6.92 Å². The van der Waals surface area contributed by atoms with Crippen LogP contribution < -0.4 is 0 Å². The van der Waals surface area contributed by atoms with Crippen molar-refractivity contribution in [1.29, 1.82) is 0 Å². The lowest BCUT2D eigenvalue weighted by atomic mass is 10.1. The van der Waals surface area contributed by atoms with Gasteiger partial charge in [0.1, 0.15) is 5.69 Å². The third-order valence-electron chi connectivity index (χ3n) is 2.27. The number of aryl methyl sites for hydroxylation is 1. The predicted molar refractivity (Wildman–Crippen MR) is 56.5 cm³/mol. The highest BCUT2D eigenvalue weighted by Gasteiger charge is 2.32. The van der Waals surface area contributed by atoms with Crippen molar-refractivity contribution >= 4 is 22.5 Å². The van der Waals surface area contributed by atoms with E-state index in [2.05, 4.69) is 4.98 Å². The Morgan fingerprint density at radius 3 is 2.50 bits per heavy atom. The van der Waals surface area contributed by atoms with Gasteiger partial charge < -0.3 is 0 Å². The zero-order valence-electron chi connectivity index (χ0n) is 8.27. The summed E-state index contributed by atoms with van der Waals surface area (Å²) in [5.41, 5.74) is -0.0589. The summed E-state index contributed by atoms with van der Waals surface area (Å²) < 4.78 is 37.5. The van der Waals surface area contributed by atoms with Crippen molar-refractivity contribution in [3.63, 3.8) is 0 Å². The molecule has 1 nitrogen and oxygen atoms in total. The van der Waals surface area contributed by atoms with Crippen molar-refractivity contribution in [2.75, 3.05) is 0 Å². The third-order valence-corrected chi connectivity index (χ3v) is 2.50. The highest BCUT2D eigenvalue weighted by Crippen LogP contribution is 2.31. The van der Waals surface area contributed by atoms with Crippen LogP contribution in [0.15, 0.2) is 24.3 Å². The number of halogens is 4. The van der Waals surface area contributed by atoms with Gasteiger partial charge in [0.2, 0.25) is 0 Å². The lowest BCUT2D eigenvalue weighted by Crippen LogP contribution is -2.08. The van der Waals surface area contributed by atoms with Crippen LogP contribution in [0.25, 0.3) is 10.9 Å². The zero-order chi connectivity index (χ0) is 11.9. The number of hydrogen-bond donors (Lipinski definition) is 0. The third kappa shape index (κ3) is 1.97. The average molecular weight is 246 g/mol. The van der Waals surface area contributed by atoms with Gasteiger partial charge in [-0.2, -0.15) is 13.2 Å². The molecule has 0 atom stereocenters. The van der Waals surface area contributed by atoms with Crippen molar-refractivity contribution < 1.29 is 13.2 Å². The summed E-state index contributed by atoms with van der Waals surface area (Å²) in [6.07, 6.45) is -4.42. The molecule has 0 aliphatic heterocycles. The molecule has 0 spiro atoms. The zero-order valence-corrected chi connectivity index (χ0v) is 9.02. The second-order valence-electron chi connectivity index (χ2n) is 3.48. The minimum atomic E-state index is -4.42. The smallest absolute Gasteiger partial charge is 0.243 e. The van der Waals surface area contributed by atoms with E-state index in [1.54, 1.807) is 13.0 Å². The highest BCUT2D eigenvalue weighted by molar-refractivity contribution is 6.31. The minimum absolute atomic E-state index is 0.303. The maximum atomic E-state index is 12.5. The number of pyridine rings is 1. The van der Waals surface area contributed by atoms with Crippen LogP contribution in [0.2, 0.25) is 5.02 Å². The minimum Gasteiger partial charge on any atom is -0.243 e. The summed E-state index contributed by atoms with van der Waals surface area (Å²) in [4.78, 5) is 3.56. The molecular formula is C11H7ClF3N. The number of benzene rings is 1. The summed E-state index contributed by atoms with van der Waals surface area (Å²) in [5.74, 6) is 0. The van der Waals surface area contributed by atoms with Crippen molar-refractivity contribution in [2.24, 2.45) is 0 Å². The topological polar surface area (TPSA) is 12.9 Å². The number of aromatic nitrogens is 1. The predicted octanol–water partition coefficient (Wildman–Crippen LogP) is 4.22. The summed E-state index contributed by atoms with van der Waals surface area (Å²) in [5, 5.41) is 1.12. The quantitative estimate of drug-likeness (QED) is 0.677. The molecule has 0 aliphatic carbocycles. The second-order valence-corrected chi connectivity index (χ2v) is 3.92. The molecule has 84 valence electrons. The monoisotopic (exact) mass is 245 g/mol. The van der Waals surface area contributed by atoms with Crippen LogP contribution in [-0.4, -0.2) is 4.98 Å². The van der Waals surface area contributed by atoms with E-state index in [1.807, 2.05) is 0 Å². The summed E-state index contributed by atoms with van der Waals surface area (Å²) in [6, 6.07) is 5.65. The standard InChI is InChI=1S/C11H7ClF3N/c1-6-4-10(11(13,14)15)16-9-3-2-7(12)5-8(6)9/h2-5H,1H3. The molecule has 0 saturated heterocycles. The number of alkyl halides is 3. The Morgan fingerprint density at radius 2 is 1.88 bits per heavy atom. The average Bonchev–Trinajstić information content (AvgIpc) is 2.17. The van der Waals surface area contributed by atoms with E-state index in [1.165, 1.54) is 12.1 Å². The molecule has 0 fully saturated rings. The maximum Gasteiger partial charge on any atom is 0.433 e. The molecule has 0 saturated carbocycles. The first kappa shape index (κ1) is 11.2. The first-order chi connectivity index (χ1) is 7.38. The van der Waals surface area contributed by atoms with E-state index in [0.717, 1.165) is 6.07 Å².